The molecule has 0 aromatic carbocycles. The summed E-state index contributed by atoms with van der Waals surface area (Å²) in [6.07, 6.45) is 10.7. The first kappa shape index (κ1) is 18.7. The molecule has 0 unspecified atom stereocenters. The molecule has 2 amide bonds. The summed E-state index contributed by atoms with van der Waals surface area (Å²) in [7, 11) is 0. The van der Waals surface area contributed by atoms with Crippen LogP contribution in [0.15, 0.2) is 24.5 Å². The zero-order valence-electron chi connectivity index (χ0n) is 16.2. The zero-order chi connectivity index (χ0) is 19.3. The van der Waals surface area contributed by atoms with Gasteiger partial charge in [-0.2, -0.15) is 0 Å². The van der Waals surface area contributed by atoms with Gasteiger partial charge in [0, 0.05) is 38.6 Å². The van der Waals surface area contributed by atoms with Crippen molar-refractivity contribution in [3.05, 3.63) is 47.3 Å². The van der Waals surface area contributed by atoms with Gasteiger partial charge < -0.3 is 14.8 Å². The number of nitrogens with zero attached hydrogens (tertiary/aromatic N) is 4. The van der Waals surface area contributed by atoms with Gasteiger partial charge in [0.05, 0.1) is 5.69 Å². The second-order valence-corrected chi connectivity index (χ2v) is 7.58. The van der Waals surface area contributed by atoms with Gasteiger partial charge in [0.2, 0.25) is 0 Å². The van der Waals surface area contributed by atoms with Crippen molar-refractivity contribution in [1.82, 2.24) is 24.8 Å². The molecule has 0 spiro atoms. The maximum Gasteiger partial charge on any atom is 0.289 e. The molecule has 0 bridgehead atoms. The molecule has 28 heavy (non-hydrogen) atoms. The fourth-order valence-corrected chi connectivity index (χ4v) is 4.07. The third-order valence-electron chi connectivity index (χ3n) is 5.62. The van der Waals surface area contributed by atoms with Crippen LogP contribution in [0.2, 0.25) is 0 Å². The van der Waals surface area contributed by atoms with Crippen molar-refractivity contribution in [3.8, 4) is 0 Å². The molecule has 1 saturated heterocycles. The Labute approximate surface area is 165 Å². The first-order valence-corrected chi connectivity index (χ1v) is 10.3. The summed E-state index contributed by atoms with van der Waals surface area (Å²) < 4.78 is 1.98. The largest absolute Gasteiger partial charge is 0.347 e. The number of imidazole rings is 1. The highest BCUT2D eigenvalue weighted by Gasteiger charge is 2.29. The van der Waals surface area contributed by atoms with Crippen molar-refractivity contribution in [2.24, 2.45) is 0 Å². The van der Waals surface area contributed by atoms with Crippen molar-refractivity contribution in [3.63, 3.8) is 0 Å². The fraction of sp³-hybridized carbons (Fsp3) is 0.524. The van der Waals surface area contributed by atoms with Crippen LogP contribution in [0.5, 0.6) is 0 Å². The van der Waals surface area contributed by atoms with Gasteiger partial charge in [0.25, 0.3) is 11.8 Å². The van der Waals surface area contributed by atoms with Gasteiger partial charge in [-0.15, -0.1) is 0 Å². The smallest absolute Gasteiger partial charge is 0.289 e. The molecule has 1 N–H and O–H groups in total. The summed E-state index contributed by atoms with van der Waals surface area (Å²) in [6, 6.07) is 3.74. The molecule has 0 atom stereocenters. The lowest BCUT2D eigenvalue weighted by molar-refractivity contribution is 0.0743. The number of likely N-dealkylation sites (tertiary alicyclic amines) is 1. The van der Waals surface area contributed by atoms with Crippen molar-refractivity contribution in [2.45, 2.75) is 58.0 Å². The third kappa shape index (κ3) is 3.93. The minimum Gasteiger partial charge on any atom is -0.347 e. The molecule has 2 aliphatic rings. The lowest BCUT2D eigenvalue weighted by Crippen LogP contribution is -2.34. The van der Waals surface area contributed by atoms with Gasteiger partial charge in [-0.25, -0.2) is 4.98 Å². The maximum absolute atomic E-state index is 13.1. The average molecular weight is 381 g/mol. The third-order valence-corrected chi connectivity index (χ3v) is 5.62. The molecule has 7 heteroatoms. The lowest BCUT2D eigenvalue weighted by Gasteiger charge is -2.22. The van der Waals surface area contributed by atoms with Gasteiger partial charge >= 0.3 is 0 Å². The van der Waals surface area contributed by atoms with Crippen LogP contribution >= 0.6 is 0 Å². The topological polar surface area (TPSA) is 80.1 Å². The normalized spacial score (nSPS) is 16.9. The van der Waals surface area contributed by atoms with Crippen molar-refractivity contribution >= 4 is 11.8 Å². The van der Waals surface area contributed by atoms with E-state index in [1.165, 1.54) is 12.8 Å². The second-order valence-electron chi connectivity index (χ2n) is 7.58. The molecule has 0 saturated carbocycles. The number of nitrogens with one attached hydrogen (secondary N) is 1. The molecular formula is C21H27N5O2. The molecule has 4 rings (SSSR count). The Bertz CT molecular complexity index is 838. The summed E-state index contributed by atoms with van der Waals surface area (Å²) in [6.45, 7) is 2.74. The molecular weight excluding hydrogens is 354 g/mol. The van der Waals surface area contributed by atoms with E-state index in [1.807, 2.05) is 21.6 Å². The molecule has 1 fully saturated rings. The van der Waals surface area contributed by atoms with Gasteiger partial charge in [-0.3, -0.25) is 14.6 Å². The molecule has 4 heterocycles. The Morgan fingerprint density at radius 1 is 0.964 bits per heavy atom. The van der Waals surface area contributed by atoms with Crippen LogP contribution in [-0.2, 0) is 19.5 Å². The zero-order valence-corrected chi connectivity index (χ0v) is 16.2. The summed E-state index contributed by atoms with van der Waals surface area (Å²) in [5.74, 6) is 0.196. The number of hydrogen-bond donors (Lipinski definition) is 1. The van der Waals surface area contributed by atoms with E-state index in [-0.39, 0.29) is 11.8 Å². The van der Waals surface area contributed by atoms with Crippen molar-refractivity contribution in [2.75, 3.05) is 13.1 Å². The number of amides is 2. The minimum atomic E-state index is -0.211. The van der Waals surface area contributed by atoms with E-state index in [0.717, 1.165) is 63.0 Å². The van der Waals surface area contributed by atoms with E-state index in [9.17, 15) is 9.59 Å². The van der Waals surface area contributed by atoms with Crippen LogP contribution in [0.1, 0.15) is 70.9 Å². The Morgan fingerprint density at radius 3 is 2.43 bits per heavy atom. The Hall–Kier alpha value is -2.70. The Balaban J connectivity index is 1.56. The monoisotopic (exact) mass is 381 g/mol. The SMILES string of the molecule is O=C(NCc1ccncc1)c1nc(C(=O)N2CCCCCC2)n2c1CCCC2. The molecule has 2 aliphatic heterocycles. The van der Waals surface area contributed by atoms with Crippen molar-refractivity contribution in [1.29, 1.82) is 0 Å². The number of rotatable bonds is 4. The number of aromatic nitrogens is 3. The Morgan fingerprint density at radius 2 is 1.68 bits per heavy atom. The number of hydrogen-bond acceptors (Lipinski definition) is 4. The predicted molar refractivity (Wildman–Crippen MR) is 105 cm³/mol. The van der Waals surface area contributed by atoms with Gasteiger partial charge in [-0.05, 0) is 49.8 Å². The van der Waals surface area contributed by atoms with Crippen LogP contribution in [0.25, 0.3) is 0 Å². The minimum absolute atomic E-state index is 0.0294. The first-order valence-electron chi connectivity index (χ1n) is 10.3. The summed E-state index contributed by atoms with van der Waals surface area (Å²) in [5.41, 5.74) is 2.29. The molecule has 7 nitrogen and oxygen atoms in total. The molecule has 2 aromatic heterocycles. The molecule has 0 radical (unpaired) electrons. The lowest BCUT2D eigenvalue weighted by atomic mass is 10.1. The number of carbonyl (C=O) groups is 2. The fourth-order valence-electron chi connectivity index (χ4n) is 4.07. The standard InChI is InChI=1S/C21H27N5O2/c27-20(23-15-16-8-10-22-11-9-16)18-17-7-3-6-14-26(17)19(24-18)21(28)25-12-4-1-2-5-13-25/h8-11H,1-7,12-15H2,(H,23,27). The van der Waals surface area contributed by atoms with Gasteiger partial charge in [0.15, 0.2) is 5.82 Å². The van der Waals surface area contributed by atoms with Crippen LogP contribution in [-0.4, -0.2) is 44.3 Å². The number of carbonyl (C=O) groups excluding carboxylic acids is 2. The second kappa shape index (κ2) is 8.54. The van der Waals surface area contributed by atoms with E-state index in [0.29, 0.717) is 18.1 Å². The highest BCUT2D eigenvalue weighted by atomic mass is 16.2. The van der Waals surface area contributed by atoms with Crippen LogP contribution in [0, 0.1) is 0 Å². The van der Waals surface area contributed by atoms with Crippen LogP contribution in [0.3, 0.4) is 0 Å². The summed E-state index contributed by atoms with van der Waals surface area (Å²) in [5, 5.41) is 2.94. The van der Waals surface area contributed by atoms with E-state index in [4.69, 9.17) is 0 Å². The van der Waals surface area contributed by atoms with Crippen LogP contribution < -0.4 is 5.32 Å². The van der Waals surface area contributed by atoms with Crippen LogP contribution in [0.4, 0.5) is 0 Å². The summed E-state index contributed by atoms with van der Waals surface area (Å²) in [4.78, 5) is 36.4. The number of pyridine rings is 1. The highest BCUT2D eigenvalue weighted by molar-refractivity contribution is 5.97. The molecule has 148 valence electrons. The van der Waals surface area contributed by atoms with E-state index in [2.05, 4.69) is 15.3 Å². The van der Waals surface area contributed by atoms with E-state index < -0.39 is 0 Å². The van der Waals surface area contributed by atoms with Gasteiger partial charge in [-0.1, -0.05) is 12.8 Å². The first-order chi connectivity index (χ1) is 13.7. The molecule has 2 aromatic rings. The van der Waals surface area contributed by atoms with E-state index >= 15 is 0 Å². The highest BCUT2D eigenvalue weighted by Crippen LogP contribution is 2.23. The quantitative estimate of drug-likeness (QED) is 0.883. The average Bonchev–Trinajstić information content (AvgIpc) is 2.92. The van der Waals surface area contributed by atoms with E-state index in [1.54, 1.807) is 12.4 Å². The maximum atomic E-state index is 13.1. The predicted octanol–water partition coefficient (Wildman–Crippen LogP) is 2.56. The Kier molecular flexibility index (Phi) is 5.69. The summed E-state index contributed by atoms with van der Waals surface area (Å²) >= 11 is 0. The molecule has 0 aliphatic carbocycles. The van der Waals surface area contributed by atoms with Crippen molar-refractivity contribution < 1.29 is 9.59 Å². The number of fused-ring (bicyclic) bond motifs is 1. The van der Waals surface area contributed by atoms with Gasteiger partial charge in [0.1, 0.15) is 5.69 Å².